The van der Waals surface area contributed by atoms with Crippen molar-refractivity contribution in [2.45, 2.75) is 19.6 Å². The van der Waals surface area contributed by atoms with Gasteiger partial charge in [0.2, 0.25) is 13.4 Å². The van der Waals surface area contributed by atoms with Gasteiger partial charge in [0.15, 0.2) is 0 Å². The third kappa shape index (κ3) is 2.59. The van der Waals surface area contributed by atoms with Gasteiger partial charge in [-0.3, -0.25) is 0 Å². The molecule has 0 saturated carbocycles. The van der Waals surface area contributed by atoms with Crippen molar-refractivity contribution < 1.29 is 0 Å². The Morgan fingerprint density at radius 1 is 0.341 bits per heavy atom. The number of rotatable bonds is 0. The summed E-state index contributed by atoms with van der Waals surface area (Å²) in [6, 6.07) is 46.8. The Labute approximate surface area is 264 Å². The second kappa shape index (κ2) is 7.82. The predicted molar refractivity (Wildman–Crippen MR) is 191 cm³/mol. The minimum atomic E-state index is 0.257. The van der Waals surface area contributed by atoms with Crippen molar-refractivity contribution in [3.8, 4) is 22.3 Å². The first-order valence-electron chi connectivity index (χ1n) is 15.4. The van der Waals surface area contributed by atoms with Crippen LogP contribution in [0.15, 0.2) is 141 Å². The quantitative estimate of drug-likeness (QED) is 0.147. The molecule has 0 aliphatic carbocycles. The molecule has 12 rings (SSSR count). The molecule has 8 aromatic rings. The van der Waals surface area contributed by atoms with E-state index in [9.17, 15) is 0 Å². The van der Waals surface area contributed by atoms with Gasteiger partial charge in [0.1, 0.15) is 0 Å². The van der Waals surface area contributed by atoms with Crippen LogP contribution in [0.5, 0.6) is 0 Å². The zero-order valence-electron chi connectivity index (χ0n) is 23.5. The van der Waals surface area contributed by atoms with Crippen molar-refractivity contribution in [1.82, 2.24) is 0 Å². The van der Waals surface area contributed by atoms with Crippen LogP contribution >= 0.6 is 23.5 Å². The molecule has 0 nitrogen and oxygen atoms in total. The first kappa shape index (κ1) is 23.1. The van der Waals surface area contributed by atoms with Crippen LogP contribution in [0.25, 0.3) is 54.6 Å². The van der Waals surface area contributed by atoms with E-state index < -0.39 is 0 Å². The summed E-state index contributed by atoms with van der Waals surface area (Å²) in [5.41, 5.74) is 14.4. The number of fused-ring (bicyclic) bond motifs is 8. The Balaban J connectivity index is 1.27. The van der Waals surface area contributed by atoms with Crippen molar-refractivity contribution in [2.24, 2.45) is 0 Å². The zero-order valence-corrected chi connectivity index (χ0v) is 25.2. The standard InChI is InChI=1S/C40H20B2S2/c1-3-11-31-27(9-1)41-29-17-15-21-20-26-24-8-6-14-34-40(24)42(28-10-2-4-12-32(28)44-34)30-18-16-22-19-25(37(29)35(21)36(22)38(26)30)23-7-5-13-33(43-31)39(23)41/h1-20H. The Bertz CT molecular complexity index is 2450. The van der Waals surface area contributed by atoms with E-state index in [1.54, 1.807) is 0 Å². The van der Waals surface area contributed by atoms with E-state index in [1.807, 2.05) is 23.5 Å². The van der Waals surface area contributed by atoms with Gasteiger partial charge in [0, 0.05) is 19.6 Å². The molecule has 0 fully saturated rings. The molecule has 0 atom stereocenters. The summed E-state index contributed by atoms with van der Waals surface area (Å²) in [4.78, 5) is 5.57. The maximum absolute atomic E-state index is 2.52. The zero-order chi connectivity index (χ0) is 28.3. The van der Waals surface area contributed by atoms with Crippen LogP contribution in [0.3, 0.4) is 0 Å². The minimum absolute atomic E-state index is 0.257. The highest BCUT2D eigenvalue weighted by atomic mass is 32.2. The molecule has 0 saturated heterocycles. The lowest BCUT2D eigenvalue weighted by Gasteiger charge is -2.36. The van der Waals surface area contributed by atoms with Crippen LogP contribution in [0, 0.1) is 0 Å². The lowest BCUT2D eigenvalue weighted by molar-refractivity contribution is 1.43. The number of hydrogen-bond acceptors (Lipinski definition) is 2. The van der Waals surface area contributed by atoms with Crippen LogP contribution in [0.2, 0.25) is 0 Å². The molecule has 44 heavy (non-hydrogen) atoms. The van der Waals surface area contributed by atoms with E-state index >= 15 is 0 Å². The van der Waals surface area contributed by atoms with Gasteiger partial charge < -0.3 is 0 Å². The van der Waals surface area contributed by atoms with Crippen molar-refractivity contribution in [3.63, 3.8) is 0 Å². The predicted octanol–water partition coefficient (Wildman–Crippen LogP) is 6.51. The minimum Gasteiger partial charge on any atom is -0.0911 e. The molecular weight excluding hydrogens is 566 g/mol. The van der Waals surface area contributed by atoms with E-state index in [0.29, 0.717) is 0 Å². The molecule has 4 aliphatic heterocycles. The van der Waals surface area contributed by atoms with E-state index in [4.69, 9.17) is 0 Å². The molecule has 4 heterocycles. The van der Waals surface area contributed by atoms with Crippen molar-refractivity contribution in [2.75, 3.05) is 0 Å². The van der Waals surface area contributed by atoms with E-state index in [2.05, 4.69) is 121 Å². The van der Waals surface area contributed by atoms with Crippen molar-refractivity contribution in [3.05, 3.63) is 121 Å². The maximum atomic E-state index is 2.52. The van der Waals surface area contributed by atoms with Gasteiger partial charge in [0.25, 0.3) is 0 Å². The second-order valence-electron chi connectivity index (χ2n) is 12.7. The SMILES string of the molecule is c1ccc2c(c1)Sc1cccc3c1B2c1ccc2cc4c5c(ccc6cc-3c1c2c65)B1c2ccccc2Sc2cccc-4c21. The molecule has 0 spiro atoms. The molecule has 0 amide bonds. The molecule has 198 valence electrons. The van der Waals surface area contributed by atoms with E-state index in [1.165, 1.54) is 107 Å². The molecule has 4 heteroatoms. The van der Waals surface area contributed by atoms with E-state index in [-0.39, 0.29) is 13.4 Å². The fraction of sp³-hybridized carbons (Fsp3) is 0. The Hall–Kier alpha value is -4.37. The number of hydrogen-bond donors (Lipinski definition) is 0. The summed E-state index contributed by atoms with van der Waals surface area (Å²) in [5, 5.41) is 8.51. The van der Waals surface area contributed by atoms with Gasteiger partial charge in [-0.2, -0.15) is 0 Å². The highest BCUT2D eigenvalue weighted by Crippen LogP contribution is 2.47. The molecule has 0 bridgehead atoms. The number of benzene rings is 8. The summed E-state index contributed by atoms with van der Waals surface area (Å²) >= 11 is 3.87. The van der Waals surface area contributed by atoms with Crippen molar-refractivity contribution in [1.29, 1.82) is 0 Å². The third-order valence-electron chi connectivity index (χ3n) is 10.7. The summed E-state index contributed by atoms with van der Waals surface area (Å²) in [5.74, 6) is 0. The first-order valence-corrected chi connectivity index (χ1v) is 17.1. The molecular formula is C40H20B2S2. The Kier molecular flexibility index (Phi) is 4.10. The van der Waals surface area contributed by atoms with Gasteiger partial charge in [-0.25, -0.2) is 0 Å². The second-order valence-corrected chi connectivity index (χ2v) is 14.9. The van der Waals surface area contributed by atoms with Gasteiger partial charge in [-0.05, 0) is 102 Å². The smallest absolute Gasteiger partial charge is 0.0911 e. The fourth-order valence-electron chi connectivity index (χ4n) is 9.14. The summed E-state index contributed by atoms with van der Waals surface area (Å²) < 4.78 is 0. The Morgan fingerprint density at radius 2 is 0.795 bits per heavy atom. The van der Waals surface area contributed by atoms with Gasteiger partial charge in [0.05, 0.1) is 0 Å². The van der Waals surface area contributed by atoms with Gasteiger partial charge >= 0.3 is 0 Å². The molecule has 0 N–H and O–H groups in total. The van der Waals surface area contributed by atoms with Gasteiger partial charge in [-0.1, -0.05) is 130 Å². The normalized spacial score (nSPS) is 14.5. The maximum Gasteiger partial charge on any atom is 0.245 e. The molecule has 4 aliphatic rings. The summed E-state index contributed by atoms with van der Waals surface area (Å²) in [6.45, 7) is 0.515. The average molecular weight is 586 g/mol. The molecule has 8 aromatic carbocycles. The Morgan fingerprint density at radius 3 is 1.30 bits per heavy atom. The highest BCUT2D eigenvalue weighted by molar-refractivity contribution is 8.00. The molecule has 0 aromatic heterocycles. The first-order chi connectivity index (χ1) is 21.8. The lowest BCUT2D eigenvalue weighted by atomic mass is 9.33. The summed E-state index contributed by atoms with van der Waals surface area (Å²) in [7, 11) is 0. The lowest BCUT2D eigenvalue weighted by Crippen LogP contribution is -2.58. The highest BCUT2D eigenvalue weighted by Gasteiger charge is 2.41. The van der Waals surface area contributed by atoms with Crippen LogP contribution in [-0.4, -0.2) is 13.4 Å². The van der Waals surface area contributed by atoms with Crippen LogP contribution in [-0.2, 0) is 0 Å². The molecule has 0 unspecified atom stereocenters. The van der Waals surface area contributed by atoms with Crippen LogP contribution in [0.4, 0.5) is 0 Å². The van der Waals surface area contributed by atoms with E-state index in [0.717, 1.165) is 0 Å². The largest absolute Gasteiger partial charge is 0.245 e. The van der Waals surface area contributed by atoms with Crippen LogP contribution in [0.1, 0.15) is 0 Å². The fourth-order valence-corrected chi connectivity index (χ4v) is 11.5. The molecule has 0 radical (unpaired) electrons. The third-order valence-corrected chi connectivity index (χ3v) is 13.1. The topological polar surface area (TPSA) is 0 Å². The monoisotopic (exact) mass is 586 g/mol. The van der Waals surface area contributed by atoms with Gasteiger partial charge in [-0.15, -0.1) is 0 Å². The summed E-state index contributed by atoms with van der Waals surface area (Å²) in [6.07, 6.45) is 0. The average Bonchev–Trinajstić information content (AvgIpc) is 3.07. The van der Waals surface area contributed by atoms with Crippen LogP contribution < -0.4 is 32.8 Å². The van der Waals surface area contributed by atoms with Crippen molar-refractivity contribution >= 4 is 102 Å².